The highest BCUT2D eigenvalue weighted by Gasteiger charge is 2.19. The van der Waals surface area contributed by atoms with Gasteiger partial charge in [-0.1, -0.05) is 25.4 Å². The number of carbonyl (C=O) groups excluding carboxylic acids is 1. The Kier molecular flexibility index (Phi) is 6.03. The molecule has 0 heterocycles. The number of aromatic hydroxyl groups is 1. The van der Waals surface area contributed by atoms with Gasteiger partial charge in [0.1, 0.15) is 5.75 Å². The lowest BCUT2D eigenvalue weighted by Crippen LogP contribution is -2.28. The number of hydrogen-bond acceptors (Lipinski definition) is 3. The van der Waals surface area contributed by atoms with Crippen LogP contribution >= 0.6 is 11.6 Å². The van der Waals surface area contributed by atoms with Gasteiger partial charge in [0.25, 0.3) is 5.91 Å². The molecule has 0 aliphatic carbocycles. The molecule has 0 saturated carbocycles. The number of phenols is 1. The maximum absolute atomic E-state index is 11.9. The number of rotatable bonds is 7. The molecule has 0 aliphatic heterocycles. The van der Waals surface area contributed by atoms with Crippen molar-refractivity contribution in [2.75, 3.05) is 6.54 Å². The van der Waals surface area contributed by atoms with Crippen LogP contribution < -0.4 is 5.32 Å². The van der Waals surface area contributed by atoms with Gasteiger partial charge in [-0.3, -0.25) is 9.59 Å². The second kappa shape index (κ2) is 7.31. The Morgan fingerprint density at radius 1 is 1.29 bits per heavy atom. The van der Waals surface area contributed by atoms with Gasteiger partial charge < -0.3 is 15.5 Å². The van der Waals surface area contributed by atoms with Crippen molar-refractivity contribution in [1.82, 2.24) is 5.32 Å². The van der Waals surface area contributed by atoms with Crippen LogP contribution in [0.1, 0.15) is 43.5 Å². The van der Waals surface area contributed by atoms with E-state index in [9.17, 15) is 14.7 Å². The first-order valence-electron chi connectivity index (χ1n) is 6.70. The molecule has 3 N–H and O–H groups in total. The Balaban J connectivity index is 2.46. The lowest BCUT2D eigenvalue weighted by atomic mass is 9.84. The molecule has 0 fully saturated rings. The summed E-state index contributed by atoms with van der Waals surface area (Å²) in [6.45, 7) is 4.39. The summed E-state index contributed by atoms with van der Waals surface area (Å²) in [7, 11) is 0. The predicted octanol–water partition coefficient (Wildman–Crippen LogP) is 3.06. The van der Waals surface area contributed by atoms with E-state index in [0.29, 0.717) is 24.9 Å². The van der Waals surface area contributed by atoms with Crippen molar-refractivity contribution >= 4 is 23.5 Å². The van der Waals surface area contributed by atoms with Crippen LogP contribution in [0.2, 0.25) is 5.02 Å². The number of carbonyl (C=O) groups is 2. The van der Waals surface area contributed by atoms with Crippen molar-refractivity contribution in [1.29, 1.82) is 0 Å². The SMILES string of the molecule is CC(C)(CCNC(=O)c1ccc(O)c(Cl)c1)CCC(=O)O. The number of hydrogen-bond donors (Lipinski definition) is 3. The van der Waals surface area contributed by atoms with E-state index in [1.165, 1.54) is 18.2 Å². The highest BCUT2D eigenvalue weighted by Crippen LogP contribution is 2.26. The van der Waals surface area contributed by atoms with Crippen LogP contribution in [0.5, 0.6) is 5.75 Å². The molecule has 0 aliphatic rings. The van der Waals surface area contributed by atoms with Crippen LogP contribution in [0.15, 0.2) is 18.2 Å². The van der Waals surface area contributed by atoms with Crippen LogP contribution in [-0.4, -0.2) is 28.6 Å². The number of aliphatic carboxylic acids is 1. The first kappa shape index (κ1) is 17.3. The van der Waals surface area contributed by atoms with Gasteiger partial charge in [0.05, 0.1) is 5.02 Å². The molecular formula is C15H20ClNO4. The van der Waals surface area contributed by atoms with Crippen molar-refractivity contribution in [2.45, 2.75) is 33.1 Å². The van der Waals surface area contributed by atoms with Crippen LogP contribution in [0.3, 0.4) is 0 Å². The number of nitrogens with one attached hydrogen (secondary N) is 1. The summed E-state index contributed by atoms with van der Waals surface area (Å²) >= 11 is 5.75. The second-order valence-electron chi connectivity index (χ2n) is 5.73. The molecule has 1 aromatic carbocycles. The minimum absolute atomic E-state index is 0.0666. The van der Waals surface area contributed by atoms with Crippen LogP contribution in [0.4, 0.5) is 0 Å². The fourth-order valence-electron chi connectivity index (χ4n) is 1.83. The Bertz CT molecular complexity index is 528. The first-order chi connectivity index (χ1) is 9.71. The molecule has 1 rings (SSSR count). The molecule has 0 saturated heterocycles. The molecule has 6 heteroatoms. The molecule has 1 aromatic rings. The summed E-state index contributed by atoms with van der Waals surface area (Å²) in [5, 5.41) is 20.9. The summed E-state index contributed by atoms with van der Waals surface area (Å²) in [6, 6.07) is 4.27. The third kappa shape index (κ3) is 6.04. The van der Waals surface area contributed by atoms with Gasteiger partial charge in [0, 0.05) is 18.5 Å². The molecular weight excluding hydrogens is 294 g/mol. The number of amides is 1. The number of carboxylic acid groups (broad SMARTS) is 1. The number of benzene rings is 1. The molecule has 0 atom stereocenters. The molecule has 116 valence electrons. The fourth-order valence-corrected chi connectivity index (χ4v) is 2.02. The van der Waals surface area contributed by atoms with Crippen LogP contribution in [-0.2, 0) is 4.79 Å². The zero-order valence-corrected chi connectivity index (χ0v) is 12.9. The quantitative estimate of drug-likeness (QED) is 0.722. The van der Waals surface area contributed by atoms with Crippen molar-refractivity contribution in [2.24, 2.45) is 5.41 Å². The van der Waals surface area contributed by atoms with Crippen LogP contribution in [0.25, 0.3) is 0 Å². The third-order valence-corrected chi connectivity index (χ3v) is 3.62. The lowest BCUT2D eigenvalue weighted by Gasteiger charge is -2.23. The Labute approximate surface area is 128 Å². The van der Waals surface area contributed by atoms with E-state index >= 15 is 0 Å². The molecule has 5 nitrogen and oxygen atoms in total. The van der Waals surface area contributed by atoms with Gasteiger partial charge in [-0.25, -0.2) is 0 Å². The van der Waals surface area contributed by atoms with E-state index in [0.717, 1.165) is 0 Å². The van der Waals surface area contributed by atoms with Crippen molar-refractivity contribution in [3.8, 4) is 5.75 Å². The minimum Gasteiger partial charge on any atom is -0.506 e. The van der Waals surface area contributed by atoms with Gasteiger partial charge in [-0.15, -0.1) is 0 Å². The Morgan fingerprint density at radius 3 is 2.52 bits per heavy atom. The monoisotopic (exact) mass is 313 g/mol. The largest absolute Gasteiger partial charge is 0.506 e. The predicted molar refractivity (Wildman–Crippen MR) is 80.7 cm³/mol. The number of halogens is 1. The Hall–Kier alpha value is -1.75. The topological polar surface area (TPSA) is 86.6 Å². The number of phenolic OH excluding ortho intramolecular Hbond substituents is 1. The average molecular weight is 314 g/mol. The molecule has 0 spiro atoms. The smallest absolute Gasteiger partial charge is 0.303 e. The first-order valence-corrected chi connectivity index (χ1v) is 7.07. The third-order valence-electron chi connectivity index (χ3n) is 3.31. The molecule has 0 aromatic heterocycles. The molecule has 0 radical (unpaired) electrons. The van der Waals surface area contributed by atoms with Crippen molar-refractivity contribution < 1.29 is 19.8 Å². The summed E-state index contributed by atoms with van der Waals surface area (Å²) in [5.74, 6) is -1.15. The highest BCUT2D eigenvalue weighted by atomic mass is 35.5. The molecule has 0 unspecified atom stereocenters. The molecule has 21 heavy (non-hydrogen) atoms. The second-order valence-corrected chi connectivity index (χ2v) is 6.14. The molecule has 0 bridgehead atoms. The van der Waals surface area contributed by atoms with Gasteiger partial charge in [-0.2, -0.15) is 0 Å². The summed E-state index contributed by atoms with van der Waals surface area (Å²) in [4.78, 5) is 22.5. The zero-order chi connectivity index (χ0) is 16.0. The minimum atomic E-state index is -0.814. The summed E-state index contributed by atoms with van der Waals surface area (Å²) in [6.07, 6.45) is 1.36. The average Bonchev–Trinajstić information content (AvgIpc) is 2.39. The fraction of sp³-hybridized carbons (Fsp3) is 0.467. The van der Waals surface area contributed by atoms with Gasteiger partial charge >= 0.3 is 5.97 Å². The van der Waals surface area contributed by atoms with E-state index in [2.05, 4.69) is 5.32 Å². The molecule has 1 amide bonds. The Morgan fingerprint density at radius 2 is 1.95 bits per heavy atom. The van der Waals surface area contributed by atoms with Gasteiger partial charge in [-0.05, 0) is 36.5 Å². The maximum Gasteiger partial charge on any atom is 0.303 e. The van der Waals surface area contributed by atoms with E-state index in [1.54, 1.807) is 0 Å². The van der Waals surface area contributed by atoms with E-state index < -0.39 is 5.97 Å². The lowest BCUT2D eigenvalue weighted by molar-refractivity contribution is -0.137. The van der Waals surface area contributed by atoms with E-state index in [1.807, 2.05) is 13.8 Å². The van der Waals surface area contributed by atoms with E-state index in [4.69, 9.17) is 16.7 Å². The van der Waals surface area contributed by atoms with Crippen molar-refractivity contribution in [3.63, 3.8) is 0 Å². The zero-order valence-electron chi connectivity index (χ0n) is 12.1. The van der Waals surface area contributed by atoms with Gasteiger partial charge in [0.2, 0.25) is 0 Å². The number of carboxylic acids is 1. The van der Waals surface area contributed by atoms with Crippen LogP contribution in [0, 0.1) is 5.41 Å². The highest BCUT2D eigenvalue weighted by molar-refractivity contribution is 6.32. The maximum atomic E-state index is 11.9. The normalized spacial score (nSPS) is 11.2. The van der Waals surface area contributed by atoms with Crippen molar-refractivity contribution in [3.05, 3.63) is 28.8 Å². The summed E-state index contributed by atoms with van der Waals surface area (Å²) in [5.41, 5.74) is 0.222. The van der Waals surface area contributed by atoms with E-state index in [-0.39, 0.29) is 28.5 Å². The van der Waals surface area contributed by atoms with Gasteiger partial charge in [0.15, 0.2) is 0 Å². The standard InChI is InChI=1S/C15H20ClNO4/c1-15(2,6-5-13(19)20)7-8-17-14(21)10-3-4-12(18)11(16)9-10/h3-4,9,18H,5-8H2,1-2H3,(H,17,21)(H,19,20). The summed E-state index contributed by atoms with van der Waals surface area (Å²) < 4.78 is 0.